The highest BCUT2D eigenvalue weighted by atomic mass is 16.5. The summed E-state index contributed by atoms with van der Waals surface area (Å²) in [7, 11) is 1.27. The normalized spacial score (nSPS) is 11.3. The van der Waals surface area contributed by atoms with E-state index in [1.807, 2.05) is 66.7 Å². The van der Waals surface area contributed by atoms with Crippen LogP contribution >= 0.6 is 0 Å². The van der Waals surface area contributed by atoms with Gasteiger partial charge in [0, 0.05) is 12.0 Å². The minimum absolute atomic E-state index is 0.0430. The summed E-state index contributed by atoms with van der Waals surface area (Å²) in [5, 5.41) is 12.4. The van der Waals surface area contributed by atoms with E-state index in [1.165, 1.54) is 19.2 Å². The third-order valence-corrected chi connectivity index (χ3v) is 5.82. The van der Waals surface area contributed by atoms with Crippen LogP contribution in [0, 0.1) is 0 Å². The Labute approximate surface area is 221 Å². The molecule has 0 aliphatic carbocycles. The molecule has 0 heterocycles. The lowest BCUT2D eigenvalue weighted by Crippen LogP contribution is -2.43. The van der Waals surface area contributed by atoms with Gasteiger partial charge in [0.05, 0.1) is 7.11 Å². The molecule has 7 heteroatoms. The maximum atomic E-state index is 12.7. The van der Waals surface area contributed by atoms with E-state index < -0.39 is 17.9 Å². The molecule has 7 nitrogen and oxygen atoms in total. The second-order valence-corrected chi connectivity index (χ2v) is 8.63. The number of aromatic hydroxyl groups is 1. The van der Waals surface area contributed by atoms with E-state index in [1.54, 1.807) is 24.3 Å². The molecular formula is C31H29NO6. The second-order valence-electron chi connectivity index (χ2n) is 8.63. The van der Waals surface area contributed by atoms with Gasteiger partial charge in [0.15, 0.2) is 11.5 Å². The number of amides is 1. The number of hydrogen-bond acceptors (Lipinski definition) is 6. The van der Waals surface area contributed by atoms with Crippen molar-refractivity contribution in [2.75, 3.05) is 7.11 Å². The predicted octanol–water partition coefficient (Wildman–Crippen LogP) is 5.06. The van der Waals surface area contributed by atoms with Crippen molar-refractivity contribution in [1.29, 1.82) is 0 Å². The Kier molecular flexibility index (Phi) is 8.97. The lowest BCUT2D eigenvalue weighted by molar-refractivity contribution is -0.142. The van der Waals surface area contributed by atoms with E-state index in [0.717, 1.165) is 16.7 Å². The molecule has 0 aromatic heterocycles. The van der Waals surface area contributed by atoms with Crippen molar-refractivity contribution in [3.8, 4) is 17.2 Å². The molecule has 2 N–H and O–H groups in total. The van der Waals surface area contributed by atoms with Crippen LogP contribution in [0.5, 0.6) is 17.2 Å². The first-order valence-corrected chi connectivity index (χ1v) is 12.2. The maximum Gasteiger partial charge on any atom is 0.328 e. The van der Waals surface area contributed by atoms with Crippen molar-refractivity contribution in [3.05, 3.63) is 125 Å². The summed E-state index contributed by atoms with van der Waals surface area (Å²) in [6.07, 6.45) is 0.165. The van der Waals surface area contributed by atoms with Gasteiger partial charge in [-0.25, -0.2) is 4.79 Å². The molecule has 1 atom stereocenters. The van der Waals surface area contributed by atoms with Gasteiger partial charge in [-0.05, 0) is 47.0 Å². The molecule has 0 aliphatic rings. The highest BCUT2D eigenvalue weighted by Crippen LogP contribution is 2.31. The number of esters is 1. The summed E-state index contributed by atoms with van der Waals surface area (Å²) >= 11 is 0. The Hall–Kier alpha value is -4.78. The van der Waals surface area contributed by atoms with E-state index in [2.05, 4.69) is 5.32 Å². The highest BCUT2D eigenvalue weighted by Gasteiger charge is 2.23. The number of carbonyl (C=O) groups excluding carboxylic acids is 2. The minimum atomic E-state index is -0.951. The molecule has 194 valence electrons. The molecule has 0 spiro atoms. The van der Waals surface area contributed by atoms with Crippen molar-refractivity contribution in [2.24, 2.45) is 0 Å². The summed E-state index contributed by atoms with van der Waals surface area (Å²) in [4.78, 5) is 25.3. The van der Waals surface area contributed by atoms with Gasteiger partial charge in [0.1, 0.15) is 25.0 Å². The Morgan fingerprint density at radius 1 is 0.737 bits per heavy atom. The van der Waals surface area contributed by atoms with Crippen LogP contribution in [-0.4, -0.2) is 30.1 Å². The minimum Gasteiger partial charge on any atom is -0.508 e. The molecule has 4 aromatic carbocycles. The molecule has 0 fully saturated rings. The van der Waals surface area contributed by atoms with E-state index in [0.29, 0.717) is 24.7 Å². The number of carbonyl (C=O) groups is 2. The topological polar surface area (TPSA) is 94.1 Å². The van der Waals surface area contributed by atoms with Gasteiger partial charge >= 0.3 is 5.97 Å². The summed E-state index contributed by atoms with van der Waals surface area (Å²) in [5.41, 5.74) is 2.99. The van der Waals surface area contributed by atoms with Gasteiger partial charge < -0.3 is 24.6 Å². The number of methoxy groups -OCH3 is 1. The third-order valence-electron chi connectivity index (χ3n) is 5.82. The molecule has 0 unspecified atom stereocenters. The third kappa shape index (κ3) is 7.36. The second kappa shape index (κ2) is 13.0. The van der Waals surface area contributed by atoms with Gasteiger partial charge in [-0.15, -0.1) is 0 Å². The zero-order chi connectivity index (χ0) is 26.7. The van der Waals surface area contributed by atoms with Crippen molar-refractivity contribution in [2.45, 2.75) is 25.7 Å². The predicted molar refractivity (Wildman–Crippen MR) is 143 cm³/mol. The fourth-order valence-electron chi connectivity index (χ4n) is 3.84. The van der Waals surface area contributed by atoms with Gasteiger partial charge in [-0.2, -0.15) is 0 Å². The number of phenols is 1. The molecule has 0 radical (unpaired) electrons. The number of hydrogen-bond donors (Lipinski definition) is 2. The van der Waals surface area contributed by atoms with Crippen molar-refractivity contribution in [3.63, 3.8) is 0 Å². The van der Waals surface area contributed by atoms with Crippen LogP contribution in [0.25, 0.3) is 0 Å². The van der Waals surface area contributed by atoms with E-state index >= 15 is 0 Å². The van der Waals surface area contributed by atoms with Gasteiger partial charge in [0.25, 0.3) is 5.91 Å². The van der Waals surface area contributed by atoms with E-state index in [9.17, 15) is 14.7 Å². The molecule has 38 heavy (non-hydrogen) atoms. The summed E-state index contributed by atoms with van der Waals surface area (Å²) < 4.78 is 17.1. The Bertz CT molecular complexity index is 1360. The van der Waals surface area contributed by atoms with Crippen LogP contribution in [-0.2, 0) is 29.2 Å². The molecule has 0 bridgehead atoms. The summed E-state index contributed by atoms with van der Waals surface area (Å²) in [6, 6.07) is 30.0. The Morgan fingerprint density at radius 3 is 1.97 bits per heavy atom. The Morgan fingerprint density at radius 2 is 1.37 bits per heavy atom. The molecule has 1 amide bonds. The number of rotatable bonds is 11. The van der Waals surface area contributed by atoms with Crippen molar-refractivity contribution < 1.29 is 28.9 Å². The molecule has 0 saturated carbocycles. The highest BCUT2D eigenvalue weighted by molar-refractivity contribution is 5.97. The monoisotopic (exact) mass is 511 g/mol. The van der Waals surface area contributed by atoms with Gasteiger partial charge in [-0.1, -0.05) is 72.8 Å². The molecule has 0 aliphatic heterocycles. The quantitative estimate of drug-likeness (QED) is 0.273. The van der Waals surface area contributed by atoms with Crippen LogP contribution in [0.1, 0.15) is 27.0 Å². The van der Waals surface area contributed by atoms with Crippen LogP contribution in [0.15, 0.2) is 103 Å². The van der Waals surface area contributed by atoms with E-state index in [-0.39, 0.29) is 17.7 Å². The molecule has 4 rings (SSSR count). The molecule has 4 aromatic rings. The van der Waals surface area contributed by atoms with Crippen LogP contribution in [0.2, 0.25) is 0 Å². The number of benzene rings is 4. The molecular weight excluding hydrogens is 482 g/mol. The number of ether oxygens (including phenoxy) is 3. The molecule has 0 saturated heterocycles. The fraction of sp³-hybridized carbons (Fsp3) is 0.161. The average molecular weight is 512 g/mol. The van der Waals surface area contributed by atoms with Crippen molar-refractivity contribution >= 4 is 11.9 Å². The first-order valence-electron chi connectivity index (χ1n) is 12.2. The van der Waals surface area contributed by atoms with E-state index in [4.69, 9.17) is 14.2 Å². The zero-order valence-electron chi connectivity index (χ0n) is 21.0. The SMILES string of the molecule is COC(=O)[C@@H](Cc1ccc(OCc2ccccc2)c(OCc2ccccc2)c1)NC(=O)c1cccc(O)c1. The number of nitrogens with one attached hydrogen (secondary N) is 1. The van der Waals surface area contributed by atoms with Crippen LogP contribution < -0.4 is 14.8 Å². The first-order chi connectivity index (χ1) is 18.5. The lowest BCUT2D eigenvalue weighted by atomic mass is 10.0. The van der Waals surface area contributed by atoms with Gasteiger partial charge in [0.2, 0.25) is 0 Å². The van der Waals surface area contributed by atoms with Gasteiger partial charge in [-0.3, -0.25) is 4.79 Å². The summed E-state index contributed by atoms with van der Waals surface area (Å²) in [5.74, 6) is -0.0509. The van der Waals surface area contributed by atoms with Crippen molar-refractivity contribution in [1.82, 2.24) is 5.32 Å². The maximum absolute atomic E-state index is 12.7. The largest absolute Gasteiger partial charge is 0.508 e. The fourth-order valence-corrected chi connectivity index (χ4v) is 3.84. The smallest absolute Gasteiger partial charge is 0.328 e. The lowest BCUT2D eigenvalue weighted by Gasteiger charge is -2.19. The van der Waals surface area contributed by atoms with Crippen LogP contribution in [0.4, 0.5) is 0 Å². The first kappa shape index (κ1) is 26.3. The Balaban J connectivity index is 1.54. The zero-order valence-corrected chi connectivity index (χ0v) is 21.0. The van der Waals surface area contributed by atoms with Crippen LogP contribution in [0.3, 0.4) is 0 Å². The number of phenolic OH excluding ortho intramolecular Hbond substituents is 1. The standard InChI is InChI=1S/C31H29NO6/c1-36-31(35)27(32-30(34)25-13-8-14-26(33)19-25)17-24-15-16-28(37-20-22-9-4-2-5-10-22)29(18-24)38-21-23-11-6-3-7-12-23/h2-16,18-19,27,33H,17,20-21H2,1H3,(H,32,34)/t27-/m1/s1. The summed E-state index contributed by atoms with van der Waals surface area (Å²) in [6.45, 7) is 0.702. The average Bonchev–Trinajstić information content (AvgIpc) is 2.95.